The van der Waals surface area contributed by atoms with Crippen molar-refractivity contribution >= 4 is 23.4 Å². The van der Waals surface area contributed by atoms with E-state index in [4.69, 9.17) is 0 Å². The lowest BCUT2D eigenvalue weighted by Crippen LogP contribution is -2.50. The van der Waals surface area contributed by atoms with Crippen molar-refractivity contribution in [3.05, 3.63) is 65.5 Å². The van der Waals surface area contributed by atoms with E-state index in [9.17, 15) is 18.8 Å². The maximum absolute atomic E-state index is 13.2. The van der Waals surface area contributed by atoms with Crippen LogP contribution in [0.1, 0.15) is 41.6 Å². The summed E-state index contributed by atoms with van der Waals surface area (Å²) in [4.78, 5) is 44.7. The second-order valence-electron chi connectivity index (χ2n) is 9.57. The monoisotopic (exact) mass is 463 g/mol. The van der Waals surface area contributed by atoms with Gasteiger partial charge >= 0.3 is 0 Å². The zero-order valence-electron chi connectivity index (χ0n) is 19.3. The maximum atomic E-state index is 13.2. The topological polar surface area (TPSA) is 60.9 Å². The fourth-order valence-electron chi connectivity index (χ4n) is 5.53. The van der Waals surface area contributed by atoms with Crippen LogP contribution in [0.5, 0.6) is 0 Å². The molecule has 2 saturated heterocycles. The first kappa shape index (κ1) is 22.6. The molecule has 6 nitrogen and oxygen atoms in total. The molecule has 0 aromatic heterocycles. The molecule has 3 aliphatic heterocycles. The third-order valence-corrected chi connectivity index (χ3v) is 7.46. The Morgan fingerprint density at radius 1 is 0.765 bits per heavy atom. The fourth-order valence-corrected chi connectivity index (χ4v) is 5.53. The summed E-state index contributed by atoms with van der Waals surface area (Å²) >= 11 is 0. The first-order valence-corrected chi connectivity index (χ1v) is 12.2. The van der Waals surface area contributed by atoms with Gasteiger partial charge in [0.15, 0.2) is 0 Å². The molecule has 2 aromatic carbocycles. The third-order valence-electron chi connectivity index (χ3n) is 7.46. The largest absolute Gasteiger partial charge is 0.342 e. The molecule has 0 bridgehead atoms. The van der Waals surface area contributed by atoms with Crippen LogP contribution < -0.4 is 4.90 Å². The molecule has 2 aromatic rings. The van der Waals surface area contributed by atoms with Gasteiger partial charge in [0, 0.05) is 49.9 Å². The molecule has 7 heteroatoms. The highest BCUT2D eigenvalue weighted by atomic mass is 19.1. The van der Waals surface area contributed by atoms with Crippen molar-refractivity contribution < 1.29 is 18.8 Å². The van der Waals surface area contributed by atoms with Gasteiger partial charge in [-0.25, -0.2) is 4.39 Å². The maximum Gasteiger partial charge on any atom is 0.253 e. The smallest absolute Gasteiger partial charge is 0.253 e. The van der Waals surface area contributed by atoms with E-state index in [0.717, 1.165) is 31.5 Å². The summed E-state index contributed by atoms with van der Waals surface area (Å²) in [6.07, 6.45) is 3.78. The Morgan fingerprint density at radius 3 is 2.26 bits per heavy atom. The van der Waals surface area contributed by atoms with E-state index < -0.39 is 0 Å². The Hall–Kier alpha value is -3.22. The molecule has 1 unspecified atom stereocenters. The van der Waals surface area contributed by atoms with Crippen molar-refractivity contribution in [2.24, 2.45) is 11.8 Å². The number of carbonyl (C=O) groups excluding carboxylic acids is 3. The van der Waals surface area contributed by atoms with Crippen molar-refractivity contribution in [3.63, 3.8) is 0 Å². The average molecular weight is 464 g/mol. The number of rotatable bonds is 3. The van der Waals surface area contributed by atoms with Crippen molar-refractivity contribution in [1.29, 1.82) is 0 Å². The van der Waals surface area contributed by atoms with Gasteiger partial charge in [0.2, 0.25) is 11.8 Å². The van der Waals surface area contributed by atoms with E-state index >= 15 is 0 Å². The standard InChI is InChI=1S/C27H30FN3O3/c28-23-9-7-20(8-10-23)25(32)30-14-3-5-22(18-30)26(33)29-15-11-21(12-16-29)27(34)31-17-13-19-4-1-2-6-24(19)31/h1-2,4,6-10,21-22H,3,5,11-18H2. The van der Waals surface area contributed by atoms with Crippen LogP contribution in [0.3, 0.4) is 0 Å². The summed E-state index contributed by atoms with van der Waals surface area (Å²) in [6, 6.07) is 13.6. The van der Waals surface area contributed by atoms with Crippen LogP contribution in [0.4, 0.5) is 10.1 Å². The van der Waals surface area contributed by atoms with Gasteiger partial charge in [-0.2, -0.15) is 0 Å². The van der Waals surface area contributed by atoms with Gasteiger partial charge in [-0.15, -0.1) is 0 Å². The molecule has 5 rings (SSSR count). The quantitative estimate of drug-likeness (QED) is 0.700. The second-order valence-corrected chi connectivity index (χ2v) is 9.57. The minimum Gasteiger partial charge on any atom is -0.342 e. The van der Waals surface area contributed by atoms with Crippen LogP contribution in [-0.4, -0.2) is 60.2 Å². The molecule has 178 valence electrons. The summed E-state index contributed by atoms with van der Waals surface area (Å²) < 4.78 is 13.2. The van der Waals surface area contributed by atoms with E-state index in [1.807, 2.05) is 28.0 Å². The molecular weight excluding hydrogens is 433 g/mol. The minimum atomic E-state index is -0.376. The Morgan fingerprint density at radius 2 is 1.50 bits per heavy atom. The van der Waals surface area contributed by atoms with Crippen LogP contribution in [0, 0.1) is 17.7 Å². The average Bonchev–Trinajstić information content (AvgIpc) is 3.32. The highest BCUT2D eigenvalue weighted by molar-refractivity contribution is 5.97. The molecule has 0 radical (unpaired) electrons. The lowest BCUT2D eigenvalue weighted by Gasteiger charge is -2.38. The SMILES string of the molecule is O=C(c1ccc(F)cc1)N1CCCC(C(=O)N2CCC(C(=O)N3CCc4ccccc43)CC2)C1. The fraction of sp³-hybridized carbons (Fsp3) is 0.444. The highest BCUT2D eigenvalue weighted by Crippen LogP contribution is 2.31. The van der Waals surface area contributed by atoms with Crippen molar-refractivity contribution in [1.82, 2.24) is 9.80 Å². The van der Waals surface area contributed by atoms with Crippen LogP contribution in [0.25, 0.3) is 0 Å². The van der Waals surface area contributed by atoms with Gasteiger partial charge in [0.25, 0.3) is 5.91 Å². The van der Waals surface area contributed by atoms with Crippen LogP contribution in [0.2, 0.25) is 0 Å². The predicted molar refractivity (Wildman–Crippen MR) is 127 cm³/mol. The normalized spacial score (nSPS) is 20.9. The number of amides is 3. The number of anilines is 1. The Labute approximate surface area is 199 Å². The molecule has 0 spiro atoms. The second kappa shape index (κ2) is 9.57. The minimum absolute atomic E-state index is 0.0573. The Bertz CT molecular complexity index is 1080. The van der Waals surface area contributed by atoms with Crippen molar-refractivity contribution in [3.8, 4) is 0 Å². The summed E-state index contributed by atoms with van der Waals surface area (Å²) in [5.74, 6) is -0.569. The molecule has 34 heavy (non-hydrogen) atoms. The molecular formula is C27H30FN3O3. The van der Waals surface area contributed by atoms with Crippen molar-refractivity contribution in [2.45, 2.75) is 32.1 Å². The first-order chi connectivity index (χ1) is 16.5. The molecule has 3 amide bonds. The number of carbonyl (C=O) groups is 3. The zero-order chi connectivity index (χ0) is 23.7. The third kappa shape index (κ3) is 4.43. The molecule has 0 saturated carbocycles. The number of hydrogen-bond acceptors (Lipinski definition) is 3. The van der Waals surface area contributed by atoms with Gasteiger partial charge in [-0.3, -0.25) is 14.4 Å². The Kier molecular flexibility index (Phi) is 6.35. The molecule has 2 fully saturated rings. The summed E-state index contributed by atoms with van der Waals surface area (Å²) in [5.41, 5.74) is 2.69. The number of para-hydroxylation sites is 1. The number of benzene rings is 2. The number of likely N-dealkylation sites (tertiary alicyclic amines) is 2. The van der Waals surface area contributed by atoms with Crippen molar-refractivity contribution in [2.75, 3.05) is 37.6 Å². The molecule has 1 atom stereocenters. The molecule has 3 heterocycles. The number of halogens is 1. The predicted octanol–water partition coefficient (Wildman–Crippen LogP) is 3.51. The van der Waals surface area contributed by atoms with E-state index in [1.54, 1.807) is 4.90 Å². The molecule has 0 N–H and O–H groups in total. The summed E-state index contributed by atoms with van der Waals surface area (Å²) in [6.45, 7) is 2.88. The summed E-state index contributed by atoms with van der Waals surface area (Å²) in [5, 5.41) is 0. The number of fused-ring (bicyclic) bond motifs is 1. The van der Waals surface area contributed by atoms with E-state index in [-0.39, 0.29) is 35.4 Å². The zero-order valence-corrected chi connectivity index (χ0v) is 19.3. The lowest BCUT2D eigenvalue weighted by atomic mass is 9.91. The van der Waals surface area contributed by atoms with Gasteiger partial charge in [-0.1, -0.05) is 18.2 Å². The van der Waals surface area contributed by atoms with E-state index in [1.165, 1.54) is 29.8 Å². The van der Waals surface area contributed by atoms with Gasteiger partial charge in [0.05, 0.1) is 5.92 Å². The van der Waals surface area contributed by atoms with Crippen LogP contribution in [-0.2, 0) is 16.0 Å². The Balaban J connectivity index is 1.16. The van der Waals surface area contributed by atoms with E-state index in [0.29, 0.717) is 44.6 Å². The highest BCUT2D eigenvalue weighted by Gasteiger charge is 2.36. The molecule has 3 aliphatic rings. The lowest BCUT2D eigenvalue weighted by molar-refractivity contribution is -0.140. The number of piperidine rings is 2. The van der Waals surface area contributed by atoms with Crippen LogP contribution in [0.15, 0.2) is 48.5 Å². The number of nitrogens with zero attached hydrogens (tertiary/aromatic N) is 3. The summed E-state index contributed by atoms with van der Waals surface area (Å²) in [7, 11) is 0. The molecule has 0 aliphatic carbocycles. The van der Waals surface area contributed by atoms with Crippen LogP contribution >= 0.6 is 0 Å². The number of hydrogen-bond donors (Lipinski definition) is 0. The van der Waals surface area contributed by atoms with Gasteiger partial charge < -0.3 is 14.7 Å². The van der Waals surface area contributed by atoms with Gasteiger partial charge in [-0.05, 0) is 68.0 Å². The first-order valence-electron chi connectivity index (χ1n) is 12.2. The van der Waals surface area contributed by atoms with E-state index in [2.05, 4.69) is 6.07 Å². The van der Waals surface area contributed by atoms with Gasteiger partial charge in [0.1, 0.15) is 5.82 Å².